The van der Waals surface area contributed by atoms with Crippen LogP contribution in [0.1, 0.15) is 18.9 Å². The maximum Gasteiger partial charge on any atom is 0.244 e. The standard InChI is InChI=1S/C13H15FN2O3S/c1-10-4-6-19-7-5-16(10)20(17,18)13-3-2-12(14)8-11(13)9-15/h2-3,8,10H,4-7H2,1H3. The molecule has 5 nitrogen and oxygen atoms in total. The average molecular weight is 298 g/mol. The fraction of sp³-hybridized carbons (Fsp3) is 0.462. The number of benzene rings is 1. The molecule has 0 bridgehead atoms. The highest BCUT2D eigenvalue weighted by Gasteiger charge is 2.32. The Morgan fingerprint density at radius 2 is 2.20 bits per heavy atom. The summed E-state index contributed by atoms with van der Waals surface area (Å²) in [6.07, 6.45) is 0.586. The van der Waals surface area contributed by atoms with Crippen LogP contribution in [0.15, 0.2) is 23.1 Å². The van der Waals surface area contributed by atoms with Crippen LogP contribution in [0.25, 0.3) is 0 Å². The first kappa shape index (κ1) is 14.9. The summed E-state index contributed by atoms with van der Waals surface area (Å²) >= 11 is 0. The second-order valence-corrected chi connectivity index (χ2v) is 6.48. The topological polar surface area (TPSA) is 70.4 Å². The number of nitrogens with zero attached hydrogens (tertiary/aromatic N) is 2. The van der Waals surface area contributed by atoms with E-state index in [0.29, 0.717) is 19.6 Å². The summed E-state index contributed by atoms with van der Waals surface area (Å²) in [5.74, 6) is -0.632. The van der Waals surface area contributed by atoms with E-state index in [1.165, 1.54) is 4.31 Å². The van der Waals surface area contributed by atoms with Gasteiger partial charge in [0.05, 0.1) is 12.2 Å². The van der Waals surface area contributed by atoms with Gasteiger partial charge in [-0.3, -0.25) is 0 Å². The number of hydrogen-bond acceptors (Lipinski definition) is 4. The average Bonchev–Trinajstić information content (AvgIpc) is 2.63. The highest BCUT2D eigenvalue weighted by molar-refractivity contribution is 7.89. The zero-order valence-electron chi connectivity index (χ0n) is 11.0. The monoisotopic (exact) mass is 298 g/mol. The van der Waals surface area contributed by atoms with Gasteiger partial charge in [-0.05, 0) is 31.5 Å². The van der Waals surface area contributed by atoms with Crippen molar-refractivity contribution in [3.05, 3.63) is 29.6 Å². The van der Waals surface area contributed by atoms with Gasteiger partial charge in [-0.25, -0.2) is 12.8 Å². The number of rotatable bonds is 2. The SMILES string of the molecule is CC1CCOCCN1S(=O)(=O)c1ccc(F)cc1C#N. The normalized spacial score (nSPS) is 21.1. The lowest BCUT2D eigenvalue weighted by Gasteiger charge is -2.25. The van der Waals surface area contributed by atoms with Crippen LogP contribution in [0.2, 0.25) is 0 Å². The molecule has 1 saturated heterocycles. The van der Waals surface area contributed by atoms with Crippen molar-refractivity contribution in [2.24, 2.45) is 0 Å². The predicted molar refractivity (Wildman–Crippen MR) is 69.9 cm³/mol. The molecule has 0 aromatic heterocycles. The lowest BCUT2D eigenvalue weighted by Crippen LogP contribution is -2.39. The van der Waals surface area contributed by atoms with E-state index in [4.69, 9.17) is 10.00 Å². The molecule has 0 amide bonds. The Bertz CT molecular complexity index is 640. The van der Waals surface area contributed by atoms with Crippen molar-refractivity contribution in [1.29, 1.82) is 5.26 Å². The van der Waals surface area contributed by atoms with Crippen LogP contribution in [-0.2, 0) is 14.8 Å². The molecule has 1 atom stereocenters. The largest absolute Gasteiger partial charge is 0.380 e. The minimum absolute atomic E-state index is 0.157. The summed E-state index contributed by atoms with van der Waals surface area (Å²) in [6, 6.07) is 4.64. The molecule has 1 aromatic rings. The minimum atomic E-state index is -3.83. The zero-order valence-corrected chi connectivity index (χ0v) is 11.9. The van der Waals surface area contributed by atoms with Crippen LogP contribution in [-0.4, -0.2) is 38.5 Å². The first-order valence-corrected chi connectivity index (χ1v) is 7.70. The molecule has 1 aromatic carbocycles. The molecular weight excluding hydrogens is 283 g/mol. The molecule has 1 unspecified atom stereocenters. The molecule has 1 fully saturated rings. The van der Waals surface area contributed by atoms with Crippen molar-refractivity contribution >= 4 is 10.0 Å². The molecule has 0 spiro atoms. The Kier molecular flexibility index (Phi) is 4.38. The third-order valence-corrected chi connectivity index (χ3v) is 5.35. The van der Waals surface area contributed by atoms with Crippen LogP contribution in [0.5, 0.6) is 0 Å². The minimum Gasteiger partial charge on any atom is -0.380 e. The molecule has 2 rings (SSSR count). The quantitative estimate of drug-likeness (QED) is 0.829. The van der Waals surface area contributed by atoms with Crippen molar-refractivity contribution in [2.75, 3.05) is 19.8 Å². The molecule has 20 heavy (non-hydrogen) atoms. The summed E-state index contributed by atoms with van der Waals surface area (Å²) in [5.41, 5.74) is -0.178. The lowest BCUT2D eigenvalue weighted by atomic mass is 10.2. The van der Waals surface area contributed by atoms with E-state index in [-0.39, 0.29) is 23.0 Å². The van der Waals surface area contributed by atoms with Gasteiger partial charge in [-0.2, -0.15) is 9.57 Å². The Labute approximate surface area is 117 Å². The third-order valence-electron chi connectivity index (χ3n) is 3.28. The maximum absolute atomic E-state index is 13.1. The Morgan fingerprint density at radius 3 is 2.90 bits per heavy atom. The lowest BCUT2D eigenvalue weighted by molar-refractivity contribution is 0.148. The van der Waals surface area contributed by atoms with Crippen molar-refractivity contribution in [3.8, 4) is 6.07 Å². The first-order valence-electron chi connectivity index (χ1n) is 6.26. The maximum atomic E-state index is 13.1. The summed E-state index contributed by atoms with van der Waals surface area (Å²) in [6.45, 7) is 2.84. The van der Waals surface area contributed by atoms with Crippen LogP contribution in [0, 0.1) is 17.1 Å². The molecule has 108 valence electrons. The van der Waals surface area contributed by atoms with Gasteiger partial charge >= 0.3 is 0 Å². The number of ether oxygens (including phenoxy) is 1. The van der Waals surface area contributed by atoms with Crippen molar-refractivity contribution in [3.63, 3.8) is 0 Å². The highest BCUT2D eigenvalue weighted by Crippen LogP contribution is 2.24. The molecule has 7 heteroatoms. The van der Waals surface area contributed by atoms with Crippen LogP contribution < -0.4 is 0 Å². The second kappa shape index (κ2) is 5.87. The van der Waals surface area contributed by atoms with Gasteiger partial charge in [0.2, 0.25) is 10.0 Å². The summed E-state index contributed by atoms with van der Waals surface area (Å²) < 4.78 is 45.0. The Morgan fingerprint density at radius 1 is 1.45 bits per heavy atom. The second-order valence-electron chi connectivity index (χ2n) is 4.62. The molecule has 1 aliphatic heterocycles. The van der Waals surface area contributed by atoms with Crippen LogP contribution >= 0.6 is 0 Å². The Hall–Kier alpha value is -1.49. The summed E-state index contributed by atoms with van der Waals surface area (Å²) in [5, 5.41) is 9.00. The molecule has 1 heterocycles. The highest BCUT2D eigenvalue weighted by atomic mass is 32.2. The predicted octanol–water partition coefficient (Wildman–Crippen LogP) is 1.50. The first-order chi connectivity index (χ1) is 9.46. The smallest absolute Gasteiger partial charge is 0.244 e. The number of halogens is 1. The van der Waals surface area contributed by atoms with Crippen molar-refractivity contribution in [2.45, 2.75) is 24.3 Å². The number of hydrogen-bond donors (Lipinski definition) is 0. The van der Waals surface area contributed by atoms with Gasteiger partial charge in [0.25, 0.3) is 0 Å². The fourth-order valence-electron chi connectivity index (χ4n) is 2.17. The Balaban J connectivity index is 2.47. The van der Waals surface area contributed by atoms with E-state index in [2.05, 4.69) is 0 Å². The van der Waals surface area contributed by atoms with E-state index in [9.17, 15) is 12.8 Å². The fourth-order valence-corrected chi connectivity index (χ4v) is 3.94. The molecule has 0 saturated carbocycles. The van der Waals surface area contributed by atoms with Gasteiger partial charge < -0.3 is 4.74 Å². The van der Waals surface area contributed by atoms with Crippen molar-refractivity contribution < 1.29 is 17.5 Å². The van der Waals surface area contributed by atoms with Crippen LogP contribution in [0.4, 0.5) is 4.39 Å². The third kappa shape index (κ3) is 2.82. The van der Waals surface area contributed by atoms with Gasteiger partial charge in [0, 0.05) is 19.2 Å². The van der Waals surface area contributed by atoms with E-state index >= 15 is 0 Å². The zero-order chi connectivity index (χ0) is 14.8. The van der Waals surface area contributed by atoms with Gasteiger partial charge in [-0.1, -0.05) is 0 Å². The van der Waals surface area contributed by atoms with E-state index in [1.807, 2.05) is 0 Å². The number of sulfonamides is 1. The van der Waals surface area contributed by atoms with E-state index in [1.54, 1.807) is 13.0 Å². The van der Waals surface area contributed by atoms with Crippen molar-refractivity contribution in [1.82, 2.24) is 4.31 Å². The van der Waals surface area contributed by atoms with E-state index in [0.717, 1.165) is 18.2 Å². The van der Waals surface area contributed by atoms with Gasteiger partial charge in [0.15, 0.2) is 0 Å². The molecule has 0 radical (unpaired) electrons. The van der Waals surface area contributed by atoms with Crippen LogP contribution in [0.3, 0.4) is 0 Å². The number of nitriles is 1. The van der Waals surface area contributed by atoms with Gasteiger partial charge in [-0.15, -0.1) is 0 Å². The summed E-state index contributed by atoms with van der Waals surface area (Å²) in [4.78, 5) is -0.157. The molecule has 0 N–H and O–H groups in total. The molecular formula is C13H15FN2O3S. The summed E-state index contributed by atoms with van der Waals surface area (Å²) in [7, 11) is -3.83. The molecule has 1 aliphatic rings. The molecule has 0 aliphatic carbocycles. The van der Waals surface area contributed by atoms with E-state index < -0.39 is 15.8 Å². The van der Waals surface area contributed by atoms with Gasteiger partial charge in [0.1, 0.15) is 16.8 Å².